The van der Waals surface area contributed by atoms with Gasteiger partial charge in [-0.15, -0.1) is 0 Å². The lowest BCUT2D eigenvalue weighted by molar-refractivity contribution is -0.128. The van der Waals surface area contributed by atoms with Crippen LogP contribution in [0.3, 0.4) is 0 Å². The zero-order valence-electron chi connectivity index (χ0n) is 11.7. The number of sulfonamides is 1. The van der Waals surface area contributed by atoms with Crippen molar-refractivity contribution in [2.45, 2.75) is 31.1 Å². The molecule has 0 bridgehead atoms. The van der Waals surface area contributed by atoms with Crippen molar-refractivity contribution in [3.05, 3.63) is 37.3 Å². The van der Waals surface area contributed by atoms with Gasteiger partial charge >= 0.3 is 0 Å². The normalized spacial score (nSPS) is 19.7. The van der Waals surface area contributed by atoms with Gasteiger partial charge in [-0.2, -0.15) is 4.31 Å². The van der Waals surface area contributed by atoms with Gasteiger partial charge in [0.2, 0.25) is 10.0 Å². The van der Waals surface area contributed by atoms with Crippen LogP contribution in [0.5, 0.6) is 0 Å². The minimum Gasteiger partial charge on any atom is -0.299 e. The van der Waals surface area contributed by atoms with Gasteiger partial charge in [0.15, 0.2) is 0 Å². The number of benzene rings is 1. The molecule has 2 rings (SSSR count). The van der Waals surface area contributed by atoms with Crippen LogP contribution in [0.2, 0.25) is 0 Å². The monoisotopic (exact) mass is 294 g/mol. The van der Waals surface area contributed by atoms with Gasteiger partial charge in [0.1, 0.15) is 5.78 Å². The Balaban J connectivity index is 2.17. The zero-order valence-corrected chi connectivity index (χ0v) is 12.5. The van der Waals surface area contributed by atoms with Crippen molar-refractivity contribution >= 4 is 15.8 Å². The van der Waals surface area contributed by atoms with Crippen LogP contribution < -0.4 is 0 Å². The van der Waals surface area contributed by atoms with Crippen molar-refractivity contribution < 1.29 is 13.2 Å². The van der Waals surface area contributed by atoms with Gasteiger partial charge in [0, 0.05) is 18.5 Å². The molecule has 1 aromatic carbocycles. The van der Waals surface area contributed by atoms with Crippen LogP contribution in [-0.4, -0.2) is 31.6 Å². The van der Waals surface area contributed by atoms with Crippen LogP contribution in [0, 0.1) is 12.3 Å². The maximum Gasteiger partial charge on any atom is 0.243 e. The maximum absolute atomic E-state index is 12.5. The second-order valence-corrected chi connectivity index (χ2v) is 7.24. The summed E-state index contributed by atoms with van der Waals surface area (Å²) in [6.07, 6.45) is 1.64. The highest BCUT2D eigenvalue weighted by molar-refractivity contribution is 7.89. The van der Waals surface area contributed by atoms with E-state index in [-0.39, 0.29) is 5.78 Å². The van der Waals surface area contributed by atoms with Crippen molar-refractivity contribution in [3.63, 3.8) is 0 Å². The van der Waals surface area contributed by atoms with E-state index in [9.17, 15) is 13.2 Å². The maximum atomic E-state index is 12.5. The Hall–Kier alpha value is -1.20. The molecule has 0 aliphatic carbocycles. The highest BCUT2D eigenvalue weighted by Crippen LogP contribution is 2.37. The highest BCUT2D eigenvalue weighted by Gasteiger charge is 2.40. The standard InChI is InChI=1S/C15H20NO3S/c1-3-15(13(2)17)9-11-16(12-10-15)20(18,19)14-7-5-4-6-8-14/h4-8H,1,3,9-12H2,2H3. The van der Waals surface area contributed by atoms with Gasteiger partial charge in [-0.3, -0.25) is 4.79 Å². The number of hydrogen-bond donors (Lipinski definition) is 0. The second kappa shape index (κ2) is 5.66. The summed E-state index contributed by atoms with van der Waals surface area (Å²) in [6, 6.07) is 8.42. The van der Waals surface area contributed by atoms with Gasteiger partial charge in [-0.25, -0.2) is 8.42 Å². The molecule has 4 nitrogen and oxygen atoms in total. The molecule has 1 aliphatic rings. The van der Waals surface area contributed by atoms with Crippen molar-refractivity contribution in [1.29, 1.82) is 0 Å². The van der Waals surface area contributed by atoms with Crippen molar-refractivity contribution in [2.24, 2.45) is 5.41 Å². The van der Waals surface area contributed by atoms with E-state index in [1.165, 1.54) is 4.31 Å². The fourth-order valence-electron chi connectivity index (χ4n) is 2.67. The van der Waals surface area contributed by atoms with Crippen LogP contribution in [0.25, 0.3) is 0 Å². The van der Waals surface area contributed by atoms with E-state index in [2.05, 4.69) is 6.92 Å². The first-order chi connectivity index (χ1) is 9.42. The van der Waals surface area contributed by atoms with Crippen molar-refractivity contribution in [2.75, 3.05) is 13.1 Å². The summed E-state index contributed by atoms with van der Waals surface area (Å²) < 4.78 is 26.4. The molecular weight excluding hydrogens is 274 g/mol. The highest BCUT2D eigenvalue weighted by atomic mass is 32.2. The predicted octanol–water partition coefficient (Wildman–Crippen LogP) is 2.27. The molecule has 0 atom stereocenters. The molecule has 0 saturated carbocycles. The van der Waals surface area contributed by atoms with Gasteiger partial charge in [-0.1, -0.05) is 25.1 Å². The summed E-state index contributed by atoms with van der Waals surface area (Å²) in [4.78, 5) is 12.1. The van der Waals surface area contributed by atoms with Crippen molar-refractivity contribution in [1.82, 2.24) is 4.31 Å². The molecule has 1 saturated heterocycles. The van der Waals surface area contributed by atoms with Crippen LogP contribution in [-0.2, 0) is 14.8 Å². The summed E-state index contributed by atoms with van der Waals surface area (Å²) in [5.41, 5.74) is -0.442. The third kappa shape index (κ3) is 2.65. The van der Waals surface area contributed by atoms with Crippen LogP contribution in [0.1, 0.15) is 26.2 Å². The molecule has 1 aliphatic heterocycles. The molecule has 5 heteroatoms. The Morgan fingerprint density at radius 1 is 1.25 bits per heavy atom. The average Bonchev–Trinajstić information content (AvgIpc) is 2.48. The number of rotatable bonds is 4. The molecule has 0 aromatic heterocycles. The summed E-state index contributed by atoms with van der Waals surface area (Å²) in [6.45, 7) is 6.20. The third-order valence-corrected chi connectivity index (χ3v) is 6.20. The largest absolute Gasteiger partial charge is 0.299 e. The van der Waals surface area contributed by atoms with E-state index in [1.54, 1.807) is 37.3 Å². The molecule has 1 radical (unpaired) electrons. The van der Waals surface area contributed by atoms with Gasteiger partial charge in [0.05, 0.1) is 4.90 Å². The molecular formula is C15H20NO3S. The summed E-state index contributed by atoms with van der Waals surface area (Å²) in [5, 5.41) is 0. The van der Waals surface area contributed by atoms with E-state index >= 15 is 0 Å². The van der Waals surface area contributed by atoms with E-state index < -0.39 is 15.4 Å². The number of hydrogen-bond acceptors (Lipinski definition) is 3. The Labute approximate surface area is 120 Å². The minimum atomic E-state index is -3.44. The zero-order chi connectivity index (χ0) is 14.8. The van der Waals surface area contributed by atoms with Gasteiger partial charge in [0.25, 0.3) is 0 Å². The first kappa shape index (κ1) is 15.2. The van der Waals surface area contributed by atoms with Gasteiger partial charge in [-0.05, 0) is 38.3 Å². The average molecular weight is 294 g/mol. The third-order valence-electron chi connectivity index (χ3n) is 4.29. The van der Waals surface area contributed by atoms with Crippen LogP contribution >= 0.6 is 0 Å². The Morgan fingerprint density at radius 2 is 1.80 bits per heavy atom. The summed E-state index contributed by atoms with van der Waals surface area (Å²) >= 11 is 0. The number of carbonyl (C=O) groups excluding carboxylic acids is 1. The second-order valence-electron chi connectivity index (χ2n) is 5.30. The lowest BCUT2D eigenvalue weighted by atomic mass is 9.74. The fraction of sp³-hybridized carbons (Fsp3) is 0.467. The fourth-order valence-corrected chi connectivity index (χ4v) is 4.14. The molecule has 0 amide bonds. The molecule has 0 spiro atoms. The van der Waals surface area contributed by atoms with E-state index in [1.807, 2.05) is 0 Å². The lowest BCUT2D eigenvalue weighted by Gasteiger charge is -2.38. The Morgan fingerprint density at radius 3 is 2.25 bits per heavy atom. The first-order valence-corrected chi connectivity index (χ1v) is 8.22. The van der Waals surface area contributed by atoms with E-state index in [0.717, 1.165) is 0 Å². The molecule has 109 valence electrons. The topological polar surface area (TPSA) is 54.5 Å². The first-order valence-electron chi connectivity index (χ1n) is 6.78. The number of Topliss-reactive ketones (excluding diaryl/α,β-unsaturated/α-hetero) is 1. The molecule has 0 N–H and O–H groups in total. The Kier molecular flexibility index (Phi) is 4.30. The SMILES string of the molecule is [CH2]CC1(C(C)=O)CCN(S(=O)(=O)c2ccccc2)CC1. The summed E-state index contributed by atoms with van der Waals surface area (Å²) in [5.74, 6) is 0.115. The van der Waals surface area contributed by atoms with Crippen LogP contribution in [0.15, 0.2) is 35.2 Å². The molecule has 20 heavy (non-hydrogen) atoms. The van der Waals surface area contributed by atoms with Crippen LogP contribution in [0.4, 0.5) is 0 Å². The van der Waals surface area contributed by atoms with E-state index in [0.29, 0.717) is 37.2 Å². The number of carbonyl (C=O) groups is 1. The minimum absolute atomic E-state index is 0.115. The molecule has 1 fully saturated rings. The summed E-state index contributed by atoms with van der Waals surface area (Å²) in [7, 11) is -3.44. The predicted molar refractivity (Wildman–Crippen MR) is 77.5 cm³/mol. The number of nitrogens with zero attached hydrogens (tertiary/aromatic N) is 1. The molecule has 1 aromatic rings. The quantitative estimate of drug-likeness (QED) is 0.856. The van der Waals surface area contributed by atoms with Gasteiger partial charge < -0.3 is 0 Å². The van der Waals surface area contributed by atoms with Crippen molar-refractivity contribution in [3.8, 4) is 0 Å². The van der Waals surface area contributed by atoms with E-state index in [4.69, 9.17) is 0 Å². The number of piperidine rings is 1. The molecule has 0 unspecified atom stereocenters. The molecule has 1 heterocycles. The number of ketones is 1. The smallest absolute Gasteiger partial charge is 0.243 e. The Bertz CT molecular complexity index is 572. The lowest BCUT2D eigenvalue weighted by Crippen LogP contribution is -2.45.